The summed E-state index contributed by atoms with van der Waals surface area (Å²) in [5, 5.41) is 6.25. The lowest BCUT2D eigenvalue weighted by Gasteiger charge is -2.14. The van der Waals surface area contributed by atoms with Gasteiger partial charge in [0.1, 0.15) is 0 Å². The average molecular weight is 302 g/mol. The Morgan fingerprint density at radius 1 is 1.38 bits per heavy atom. The molecule has 0 bridgehead atoms. The van der Waals surface area contributed by atoms with Gasteiger partial charge in [0.25, 0.3) is 5.56 Å². The normalized spacial score (nSPS) is 13.9. The number of hydrogen-bond donors (Lipinski definition) is 2. The van der Waals surface area contributed by atoms with E-state index in [4.69, 9.17) is 0 Å². The van der Waals surface area contributed by atoms with Gasteiger partial charge in [0.15, 0.2) is 11.2 Å². The monoisotopic (exact) mass is 302 g/mol. The number of aromatic nitrogens is 4. The first kappa shape index (κ1) is 12.1. The quantitative estimate of drug-likeness (QED) is 0.676. The SMILES string of the molecule is Cn1c(=O)[nH]c(=O)c2c1nc1n2CC(c2cccs2)=NN1. The Labute approximate surface area is 121 Å². The van der Waals surface area contributed by atoms with Gasteiger partial charge in [-0.1, -0.05) is 6.07 Å². The van der Waals surface area contributed by atoms with Crippen molar-refractivity contribution >= 4 is 34.2 Å². The number of rotatable bonds is 1. The molecule has 0 fully saturated rings. The van der Waals surface area contributed by atoms with Crippen molar-refractivity contribution < 1.29 is 0 Å². The van der Waals surface area contributed by atoms with Crippen LogP contribution in [0.5, 0.6) is 0 Å². The van der Waals surface area contributed by atoms with Crippen molar-refractivity contribution in [3.8, 4) is 0 Å². The Balaban J connectivity index is 1.94. The minimum absolute atomic E-state index is 0.342. The second kappa shape index (κ2) is 4.16. The molecule has 0 spiro atoms. The highest BCUT2D eigenvalue weighted by Gasteiger charge is 2.22. The van der Waals surface area contributed by atoms with Gasteiger partial charge in [-0.15, -0.1) is 11.3 Å². The number of anilines is 1. The van der Waals surface area contributed by atoms with Gasteiger partial charge in [-0.3, -0.25) is 18.9 Å². The molecule has 0 radical (unpaired) electrons. The molecule has 3 aromatic heterocycles. The Hall–Kier alpha value is -2.68. The highest BCUT2D eigenvalue weighted by molar-refractivity contribution is 7.12. The Bertz CT molecular complexity index is 991. The number of thiophene rings is 1. The number of imidazole rings is 1. The van der Waals surface area contributed by atoms with E-state index in [-0.39, 0.29) is 0 Å². The molecule has 8 nitrogen and oxygen atoms in total. The van der Waals surface area contributed by atoms with Crippen LogP contribution in [0.25, 0.3) is 11.2 Å². The van der Waals surface area contributed by atoms with Crippen molar-refractivity contribution in [3.63, 3.8) is 0 Å². The smallest absolute Gasteiger partial charge is 0.297 e. The summed E-state index contributed by atoms with van der Waals surface area (Å²) >= 11 is 1.58. The number of nitrogens with one attached hydrogen (secondary N) is 2. The highest BCUT2D eigenvalue weighted by Crippen LogP contribution is 2.21. The van der Waals surface area contributed by atoms with Crippen LogP contribution in [0.1, 0.15) is 4.88 Å². The zero-order valence-electron chi connectivity index (χ0n) is 11.0. The summed E-state index contributed by atoms with van der Waals surface area (Å²) in [5.74, 6) is 0.456. The number of hydrazone groups is 1. The Morgan fingerprint density at radius 3 is 3.00 bits per heavy atom. The number of fused-ring (bicyclic) bond motifs is 3. The van der Waals surface area contributed by atoms with Crippen LogP contribution in [0, 0.1) is 0 Å². The van der Waals surface area contributed by atoms with Gasteiger partial charge in [0.2, 0.25) is 5.95 Å². The van der Waals surface area contributed by atoms with E-state index in [1.807, 2.05) is 17.5 Å². The predicted octanol–water partition coefficient (Wildman–Crippen LogP) is 0.315. The molecular formula is C12H10N6O2S. The number of aryl methyl sites for hydroxylation is 1. The van der Waals surface area contributed by atoms with Crippen molar-refractivity contribution in [2.24, 2.45) is 12.1 Å². The van der Waals surface area contributed by atoms with E-state index in [1.54, 1.807) is 23.0 Å². The molecule has 0 aliphatic carbocycles. The van der Waals surface area contributed by atoms with Crippen molar-refractivity contribution in [3.05, 3.63) is 43.2 Å². The van der Waals surface area contributed by atoms with Crippen LogP contribution in [-0.2, 0) is 13.6 Å². The molecule has 1 aliphatic heterocycles. The number of hydrogen-bond acceptors (Lipinski definition) is 6. The summed E-state index contributed by atoms with van der Waals surface area (Å²) in [6.45, 7) is 0.431. The van der Waals surface area contributed by atoms with Crippen molar-refractivity contribution in [1.29, 1.82) is 0 Å². The van der Waals surface area contributed by atoms with Crippen LogP contribution >= 0.6 is 11.3 Å². The predicted molar refractivity (Wildman–Crippen MR) is 80.1 cm³/mol. The third-order valence-electron chi connectivity index (χ3n) is 3.41. The van der Waals surface area contributed by atoms with Crippen LogP contribution in [-0.4, -0.2) is 24.8 Å². The van der Waals surface area contributed by atoms with Gasteiger partial charge in [-0.25, -0.2) is 10.2 Å². The summed E-state index contributed by atoms with van der Waals surface area (Å²) < 4.78 is 3.05. The van der Waals surface area contributed by atoms with E-state index in [0.717, 1.165) is 10.6 Å². The average Bonchev–Trinajstić information content (AvgIpc) is 3.11. The van der Waals surface area contributed by atoms with Gasteiger partial charge in [0, 0.05) is 7.05 Å². The zero-order chi connectivity index (χ0) is 14.6. The van der Waals surface area contributed by atoms with Gasteiger partial charge in [-0.05, 0) is 11.4 Å². The molecule has 0 amide bonds. The third-order valence-corrected chi connectivity index (χ3v) is 4.33. The summed E-state index contributed by atoms with van der Waals surface area (Å²) in [6, 6.07) is 3.91. The lowest BCUT2D eigenvalue weighted by molar-refractivity contribution is 0.822. The largest absolute Gasteiger partial charge is 0.329 e. The molecule has 1 aliphatic rings. The fourth-order valence-corrected chi connectivity index (χ4v) is 3.06. The first-order valence-corrected chi connectivity index (χ1v) is 7.09. The van der Waals surface area contributed by atoms with E-state index in [1.165, 1.54) is 4.57 Å². The summed E-state index contributed by atoms with van der Waals surface area (Å²) in [6.07, 6.45) is 0. The van der Waals surface area contributed by atoms with E-state index in [0.29, 0.717) is 23.7 Å². The lowest BCUT2D eigenvalue weighted by Crippen LogP contribution is -2.30. The van der Waals surface area contributed by atoms with E-state index >= 15 is 0 Å². The maximum Gasteiger partial charge on any atom is 0.329 e. The molecule has 2 N–H and O–H groups in total. The lowest BCUT2D eigenvalue weighted by atomic mass is 10.3. The Kier molecular flexibility index (Phi) is 2.39. The molecule has 21 heavy (non-hydrogen) atoms. The topological polar surface area (TPSA) is 97.1 Å². The van der Waals surface area contributed by atoms with Crippen molar-refractivity contribution in [1.82, 2.24) is 19.1 Å². The zero-order valence-corrected chi connectivity index (χ0v) is 11.8. The summed E-state index contributed by atoms with van der Waals surface area (Å²) in [7, 11) is 1.57. The highest BCUT2D eigenvalue weighted by atomic mass is 32.1. The second-order valence-electron chi connectivity index (χ2n) is 4.66. The molecule has 4 rings (SSSR count). The summed E-state index contributed by atoms with van der Waals surface area (Å²) in [4.78, 5) is 31.3. The van der Waals surface area contributed by atoms with Crippen LogP contribution in [0.3, 0.4) is 0 Å². The fraction of sp³-hybridized carbons (Fsp3) is 0.167. The summed E-state index contributed by atoms with van der Waals surface area (Å²) in [5.41, 5.74) is 3.45. The fourth-order valence-electron chi connectivity index (χ4n) is 2.35. The second-order valence-corrected chi connectivity index (χ2v) is 5.61. The number of aromatic amines is 1. The van der Waals surface area contributed by atoms with Gasteiger partial charge in [0.05, 0.1) is 17.1 Å². The Morgan fingerprint density at radius 2 is 2.24 bits per heavy atom. The van der Waals surface area contributed by atoms with Crippen LogP contribution < -0.4 is 16.7 Å². The molecule has 3 aromatic rings. The number of nitrogens with zero attached hydrogens (tertiary/aromatic N) is 4. The number of H-pyrrole nitrogens is 1. The molecular weight excluding hydrogens is 292 g/mol. The molecule has 9 heteroatoms. The minimum atomic E-state index is -0.484. The van der Waals surface area contributed by atoms with Gasteiger partial charge in [-0.2, -0.15) is 10.1 Å². The van der Waals surface area contributed by atoms with E-state index in [9.17, 15) is 9.59 Å². The van der Waals surface area contributed by atoms with Gasteiger partial charge < -0.3 is 0 Å². The first-order valence-electron chi connectivity index (χ1n) is 6.21. The molecule has 0 saturated heterocycles. The van der Waals surface area contributed by atoms with Crippen LogP contribution in [0.15, 0.2) is 32.2 Å². The molecule has 4 heterocycles. The minimum Gasteiger partial charge on any atom is -0.297 e. The molecule has 0 atom stereocenters. The third kappa shape index (κ3) is 1.67. The van der Waals surface area contributed by atoms with E-state index in [2.05, 4.69) is 20.5 Å². The maximum atomic E-state index is 12.1. The standard InChI is InChI=1S/C12H10N6O2S/c1-17-9-8(10(19)14-12(17)20)18-5-6(7-3-2-4-21-7)15-16-11(18)13-9/h2-4H,5H2,1H3,(H,13,16)(H,14,19,20). The first-order chi connectivity index (χ1) is 10.1. The van der Waals surface area contributed by atoms with Crippen molar-refractivity contribution in [2.45, 2.75) is 6.54 Å². The molecule has 0 unspecified atom stereocenters. The van der Waals surface area contributed by atoms with Gasteiger partial charge >= 0.3 is 5.69 Å². The maximum absolute atomic E-state index is 12.1. The van der Waals surface area contributed by atoms with Crippen LogP contribution in [0.4, 0.5) is 5.95 Å². The molecule has 106 valence electrons. The molecule has 0 saturated carbocycles. The molecule has 0 aromatic carbocycles. The van der Waals surface area contributed by atoms with Crippen LogP contribution in [0.2, 0.25) is 0 Å². The van der Waals surface area contributed by atoms with E-state index < -0.39 is 11.2 Å². The van der Waals surface area contributed by atoms with Crippen molar-refractivity contribution in [2.75, 3.05) is 5.43 Å².